The van der Waals surface area contributed by atoms with Crippen molar-refractivity contribution in [1.29, 1.82) is 0 Å². The van der Waals surface area contributed by atoms with E-state index in [1.807, 2.05) is 0 Å². The number of carbonyl (C=O) groups excluding carboxylic acids is 1. The van der Waals surface area contributed by atoms with Crippen LogP contribution in [0.2, 0.25) is 0 Å². The van der Waals surface area contributed by atoms with Gasteiger partial charge in [-0.3, -0.25) is 9.59 Å². The molecule has 5 nitrogen and oxygen atoms in total. The van der Waals surface area contributed by atoms with Gasteiger partial charge in [-0.2, -0.15) is 0 Å². The quantitative estimate of drug-likeness (QED) is 0.817. The molecule has 0 bridgehead atoms. The number of halogens is 2. The number of nitrogens with one attached hydrogen (secondary N) is 1. The molecule has 128 valence electrons. The zero-order valence-electron chi connectivity index (χ0n) is 12.9. The molecule has 1 aliphatic carbocycles. The highest BCUT2D eigenvalue weighted by Gasteiger charge is 2.33. The first kappa shape index (κ1) is 16.4. The molecule has 1 atom stereocenters. The smallest absolute Gasteiger partial charge is 0.305 e. The van der Waals surface area contributed by atoms with Gasteiger partial charge in [0.05, 0.1) is 13.0 Å². The van der Waals surface area contributed by atoms with E-state index in [0.717, 1.165) is 18.2 Å². The number of carboxylic acid groups (broad SMARTS) is 1. The van der Waals surface area contributed by atoms with Crippen molar-refractivity contribution in [2.75, 3.05) is 0 Å². The average Bonchev–Trinajstić information content (AvgIpc) is 3.29. The minimum atomic E-state index is -2.48. The minimum absolute atomic E-state index is 0.111. The average molecular weight is 336 g/mol. The van der Waals surface area contributed by atoms with E-state index in [1.165, 1.54) is 4.57 Å². The standard InChI is InChI=1S/C17H18F2N2O3/c18-15(19)9-21-6-5-11-3-4-12(7-14(11)21)17(24)20-13(8-16(22)23)10-1-2-10/h3-7,10,13,15H,1-2,8-9H2,(H,20,24)(H,22,23)/t13-/m1/s1. The van der Waals surface area contributed by atoms with Gasteiger partial charge >= 0.3 is 5.97 Å². The zero-order valence-corrected chi connectivity index (χ0v) is 12.9. The van der Waals surface area contributed by atoms with Crippen molar-refractivity contribution in [3.8, 4) is 0 Å². The molecule has 7 heteroatoms. The molecule has 1 aromatic heterocycles. The highest BCUT2D eigenvalue weighted by molar-refractivity contribution is 5.98. The first-order valence-corrected chi connectivity index (χ1v) is 7.83. The summed E-state index contributed by atoms with van der Waals surface area (Å²) in [5, 5.41) is 12.5. The van der Waals surface area contributed by atoms with E-state index in [-0.39, 0.29) is 18.2 Å². The maximum atomic E-state index is 12.6. The van der Waals surface area contributed by atoms with Crippen molar-refractivity contribution in [3.63, 3.8) is 0 Å². The van der Waals surface area contributed by atoms with Crippen molar-refractivity contribution in [2.45, 2.75) is 38.3 Å². The van der Waals surface area contributed by atoms with Crippen LogP contribution >= 0.6 is 0 Å². The van der Waals surface area contributed by atoms with E-state index in [1.54, 1.807) is 30.5 Å². The number of rotatable bonds is 7. The van der Waals surface area contributed by atoms with Crippen molar-refractivity contribution < 1.29 is 23.5 Å². The molecule has 0 radical (unpaired) electrons. The van der Waals surface area contributed by atoms with Gasteiger partial charge in [-0.1, -0.05) is 6.07 Å². The molecule has 1 amide bonds. The van der Waals surface area contributed by atoms with Crippen LogP contribution in [0.4, 0.5) is 8.78 Å². The molecule has 1 heterocycles. The van der Waals surface area contributed by atoms with E-state index >= 15 is 0 Å². The number of hydrogen-bond donors (Lipinski definition) is 2. The summed E-state index contributed by atoms with van der Waals surface area (Å²) < 4.78 is 26.6. The maximum Gasteiger partial charge on any atom is 0.305 e. The number of aliphatic carboxylic acids is 1. The first-order chi connectivity index (χ1) is 11.4. The van der Waals surface area contributed by atoms with Crippen molar-refractivity contribution in [3.05, 3.63) is 36.0 Å². The van der Waals surface area contributed by atoms with Gasteiger partial charge in [0.15, 0.2) is 0 Å². The van der Waals surface area contributed by atoms with Gasteiger partial charge in [-0.15, -0.1) is 0 Å². The third-order valence-electron chi connectivity index (χ3n) is 4.27. The van der Waals surface area contributed by atoms with Gasteiger partial charge in [0.1, 0.15) is 0 Å². The fourth-order valence-corrected chi connectivity index (χ4v) is 2.91. The van der Waals surface area contributed by atoms with Gasteiger partial charge in [0.2, 0.25) is 0 Å². The van der Waals surface area contributed by atoms with Crippen LogP contribution in [0.3, 0.4) is 0 Å². The summed E-state index contributed by atoms with van der Waals surface area (Å²) >= 11 is 0. The normalized spacial score (nSPS) is 15.6. The molecular weight excluding hydrogens is 318 g/mol. The van der Waals surface area contributed by atoms with Crippen LogP contribution < -0.4 is 5.32 Å². The lowest BCUT2D eigenvalue weighted by molar-refractivity contribution is -0.137. The van der Waals surface area contributed by atoms with Crippen LogP contribution in [0, 0.1) is 5.92 Å². The van der Waals surface area contributed by atoms with Crippen molar-refractivity contribution >= 4 is 22.8 Å². The summed E-state index contributed by atoms with van der Waals surface area (Å²) in [6.45, 7) is -0.432. The summed E-state index contributed by atoms with van der Waals surface area (Å²) in [5.41, 5.74) is 0.900. The molecule has 2 aromatic rings. The Kier molecular flexibility index (Phi) is 4.51. The second kappa shape index (κ2) is 6.59. The molecule has 1 fully saturated rings. The van der Waals surface area contributed by atoms with E-state index in [9.17, 15) is 18.4 Å². The lowest BCUT2D eigenvalue weighted by atomic mass is 10.1. The summed E-state index contributed by atoms with van der Waals surface area (Å²) in [5.74, 6) is -1.12. The molecule has 1 aromatic carbocycles. The molecular formula is C17H18F2N2O3. The number of nitrogens with zero attached hydrogens (tertiary/aromatic N) is 1. The molecule has 24 heavy (non-hydrogen) atoms. The number of carboxylic acids is 1. The van der Waals surface area contributed by atoms with Crippen LogP contribution in [0.15, 0.2) is 30.5 Å². The van der Waals surface area contributed by atoms with Crippen LogP contribution in [0.1, 0.15) is 29.6 Å². The Labute approximate surface area is 137 Å². The minimum Gasteiger partial charge on any atom is -0.481 e. The maximum absolute atomic E-state index is 12.6. The first-order valence-electron chi connectivity index (χ1n) is 7.83. The van der Waals surface area contributed by atoms with Gasteiger partial charge in [-0.05, 0) is 42.3 Å². The zero-order chi connectivity index (χ0) is 17.3. The largest absolute Gasteiger partial charge is 0.481 e. The van der Waals surface area contributed by atoms with Crippen molar-refractivity contribution in [1.82, 2.24) is 9.88 Å². The Hall–Kier alpha value is -2.44. The molecule has 0 spiro atoms. The second-order valence-corrected chi connectivity index (χ2v) is 6.15. The fourth-order valence-electron chi connectivity index (χ4n) is 2.91. The Bertz CT molecular complexity index is 768. The van der Waals surface area contributed by atoms with Gasteiger partial charge < -0.3 is 15.0 Å². The van der Waals surface area contributed by atoms with Gasteiger partial charge in [0.25, 0.3) is 12.3 Å². The Morgan fingerprint density at radius 1 is 1.29 bits per heavy atom. The summed E-state index contributed by atoms with van der Waals surface area (Å²) in [7, 11) is 0. The molecule has 1 aliphatic rings. The number of hydrogen-bond acceptors (Lipinski definition) is 2. The number of aromatic nitrogens is 1. The topological polar surface area (TPSA) is 71.3 Å². The Morgan fingerprint density at radius 2 is 2.04 bits per heavy atom. The summed E-state index contributed by atoms with van der Waals surface area (Å²) in [4.78, 5) is 23.3. The third kappa shape index (κ3) is 3.72. The fraction of sp³-hybridized carbons (Fsp3) is 0.412. The summed E-state index contributed by atoms with van der Waals surface area (Å²) in [6.07, 6.45) is 0.798. The van der Waals surface area contributed by atoms with E-state index in [2.05, 4.69) is 5.32 Å². The van der Waals surface area contributed by atoms with Crippen LogP contribution in [0.25, 0.3) is 10.9 Å². The lowest BCUT2D eigenvalue weighted by Gasteiger charge is -2.16. The van der Waals surface area contributed by atoms with Crippen LogP contribution in [0.5, 0.6) is 0 Å². The third-order valence-corrected chi connectivity index (χ3v) is 4.27. The molecule has 0 saturated heterocycles. The van der Waals surface area contributed by atoms with Crippen LogP contribution in [-0.4, -0.2) is 34.0 Å². The second-order valence-electron chi connectivity index (χ2n) is 6.15. The number of carbonyl (C=O) groups is 2. The van der Waals surface area contributed by atoms with Crippen LogP contribution in [-0.2, 0) is 11.3 Å². The molecule has 2 N–H and O–H groups in total. The van der Waals surface area contributed by atoms with Gasteiger partial charge in [-0.25, -0.2) is 8.78 Å². The molecule has 3 rings (SSSR count). The lowest BCUT2D eigenvalue weighted by Crippen LogP contribution is -2.38. The summed E-state index contributed by atoms with van der Waals surface area (Å²) in [6, 6.07) is 6.22. The van der Waals surface area contributed by atoms with E-state index in [0.29, 0.717) is 11.1 Å². The Morgan fingerprint density at radius 3 is 2.67 bits per heavy atom. The highest BCUT2D eigenvalue weighted by Crippen LogP contribution is 2.34. The molecule has 0 aliphatic heterocycles. The number of alkyl halides is 2. The Balaban J connectivity index is 1.79. The van der Waals surface area contributed by atoms with Crippen molar-refractivity contribution in [2.24, 2.45) is 5.92 Å². The predicted octanol–water partition coefficient (Wildman–Crippen LogP) is 2.89. The predicted molar refractivity (Wildman–Crippen MR) is 84.2 cm³/mol. The highest BCUT2D eigenvalue weighted by atomic mass is 19.3. The number of amides is 1. The SMILES string of the molecule is O=C(O)C[C@@H](NC(=O)c1ccc2ccn(CC(F)F)c2c1)C1CC1. The molecule has 0 unspecified atom stereocenters. The molecule has 1 saturated carbocycles. The van der Waals surface area contributed by atoms with E-state index in [4.69, 9.17) is 5.11 Å². The van der Waals surface area contributed by atoms with E-state index < -0.39 is 25.0 Å². The van der Waals surface area contributed by atoms with Gasteiger partial charge in [0, 0.05) is 23.3 Å². The number of fused-ring (bicyclic) bond motifs is 1. The number of benzene rings is 1. The monoisotopic (exact) mass is 336 g/mol.